The summed E-state index contributed by atoms with van der Waals surface area (Å²) in [6.45, 7) is 2.98. The van der Waals surface area contributed by atoms with Gasteiger partial charge in [0.15, 0.2) is 0 Å². The lowest BCUT2D eigenvalue weighted by atomic mass is 10.1. The van der Waals surface area contributed by atoms with E-state index < -0.39 is 5.97 Å². The zero-order chi connectivity index (χ0) is 17.4. The van der Waals surface area contributed by atoms with Crippen LogP contribution in [-0.2, 0) is 6.54 Å². The zero-order valence-corrected chi connectivity index (χ0v) is 13.9. The molecule has 6 heteroatoms. The van der Waals surface area contributed by atoms with E-state index in [2.05, 4.69) is 4.98 Å². The van der Waals surface area contributed by atoms with Gasteiger partial charge < -0.3 is 14.6 Å². The van der Waals surface area contributed by atoms with Gasteiger partial charge in [0.05, 0.1) is 16.4 Å². The second-order valence-corrected chi connectivity index (χ2v) is 6.18. The topological polar surface area (TPSA) is 75.4 Å². The minimum atomic E-state index is -1.08. The molecule has 0 bridgehead atoms. The van der Waals surface area contributed by atoms with Gasteiger partial charge in [0.1, 0.15) is 5.56 Å². The minimum absolute atomic E-state index is 0.0495. The van der Waals surface area contributed by atoms with Crippen molar-refractivity contribution in [3.63, 3.8) is 0 Å². The molecule has 3 rings (SSSR count). The number of carboxylic acids is 1. The molecule has 1 aromatic carbocycles. The number of nitrogens with zero attached hydrogens (tertiary/aromatic N) is 3. The molecule has 0 aliphatic heterocycles. The quantitative estimate of drug-likeness (QED) is 0.744. The molecule has 0 fully saturated rings. The van der Waals surface area contributed by atoms with Crippen molar-refractivity contribution in [2.24, 2.45) is 0 Å². The van der Waals surface area contributed by atoms with Gasteiger partial charge in [-0.15, -0.1) is 0 Å². The van der Waals surface area contributed by atoms with Crippen LogP contribution in [0.4, 0.5) is 0 Å². The third-order valence-electron chi connectivity index (χ3n) is 4.10. The first-order valence-corrected chi connectivity index (χ1v) is 7.70. The molecule has 0 spiro atoms. The fourth-order valence-electron chi connectivity index (χ4n) is 2.78. The Morgan fingerprint density at radius 2 is 2.04 bits per heavy atom. The standard InChI is InChI=1S/C18H19N3O3/c1-11-5-4-6-12-9-13-16(19-15(11)12)14(18(23)24)10-21(17(13)22)8-7-20(2)3/h4-6,9-10H,7-8H2,1-3H3,(H,23,24). The van der Waals surface area contributed by atoms with Gasteiger partial charge in [-0.3, -0.25) is 4.79 Å². The van der Waals surface area contributed by atoms with Crippen molar-refractivity contribution in [1.29, 1.82) is 0 Å². The molecule has 2 heterocycles. The molecule has 3 aromatic rings. The first kappa shape index (κ1) is 16.1. The number of aromatic nitrogens is 2. The number of hydrogen-bond donors (Lipinski definition) is 1. The van der Waals surface area contributed by atoms with Crippen LogP contribution in [0, 0.1) is 6.92 Å². The maximum absolute atomic E-state index is 12.8. The molecular weight excluding hydrogens is 306 g/mol. The van der Waals surface area contributed by atoms with Crippen molar-refractivity contribution >= 4 is 27.8 Å². The van der Waals surface area contributed by atoms with E-state index >= 15 is 0 Å². The fraction of sp³-hybridized carbons (Fsp3) is 0.278. The smallest absolute Gasteiger partial charge is 0.339 e. The Morgan fingerprint density at radius 1 is 1.29 bits per heavy atom. The van der Waals surface area contributed by atoms with Gasteiger partial charge >= 0.3 is 5.97 Å². The van der Waals surface area contributed by atoms with Crippen LogP contribution in [0.5, 0.6) is 0 Å². The Balaban J connectivity index is 2.35. The second-order valence-electron chi connectivity index (χ2n) is 6.18. The van der Waals surface area contributed by atoms with Crippen LogP contribution >= 0.6 is 0 Å². The number of aryl methyl sites for hydroxylation is 1. The maximum Gasteiger partial charge on any atom is 0.339 e. The average Bonchev–Trinajstić information content (AvgIpc) is 2.53. The van der Waals surface area contributed by atoms with Gasteiger partial charge in [0, 0.05) is 24.7 Å². The van der Waals surface area contributed by atoms with Crippen molar-refractivity contribution < 1.29 is 9.90 Å². The monoisotopic (exact) mass is 325 g/mol. The first-order valence-electron chi connectivity index (χ1n) is 7.70. The van der Waals surface area contributed by atoms with Crippen molar-refractivity contribution in [3.8, 4) is 0 Å². The van der Waals surface area contributed by atoms with Crippen LogP contribution in [0.1, 0.15) is 15.9 Å². The lowest BCUT2D eigenvalue weighted by molar-refractivity contribution is 0.0698. The number of benzene rings is 1. The van der Waals surface area contributed by atoms with Gasteiger partial charge in [-0.2, -0.15) is 0 Å². The number of likely N-dealkylation sites (N-methyl/N-ethyl adjacent to an activating group) is 1. The first-order chi connectivity index (χ1) is 11.4. The second kappa shape index (κ2) is 6.05. The molecular formula is C18H19N3O3. The van der Waals surface area contributed by atoms with Crippen molar-refractivity contribution in [3.05, 3.63) is 51.9 Å². The van der Waals surface area contributed by atoms with Gasteiger partial charge in [-0.05, 0) is 32.6 Å². The molecule has 1 N–H and O–H groups in total. The molecule has 0 aliphatic carbocycles. The SMILES string of the molecule is Cc1cccc2cc3c(=O)n(CCN(C)C)cc(C(=O)O)c3nc12. The highest BCUT2D eigenvalue weighted by molar-refractivity contribution is 6.04. The van der Waals surface area contributed by atoms with Crippen LogP contribution in [-0.4, -0.2) is 46.2 Å². The molecule has 124 valence electrons. The Hall–Kier alpha value is -2.73. The summed E-state index contributed by atoms with van der Waals surface area (Å²) < 4.78 is 1.45. The number of carboxylic acid groups (broad SMARTS) is 1. The van der Waals surface area contributed by atoms with Crippen LogP contribution in [0.3, 0.4) is 0 Å². The van der Waals surface area contributed by atoms with E-state index in [0.717, 1.165) is 16.5 Å². The summed E-state index contributed by atoms with van der Waals surface area (Å²) in [5, 5.41) is 10.7. The van der Waals surface area contributed by atoms with Gasteiger partial charge in [0.2, 0.25) is 0 Å². The van der Waals surface area contributed by atoms with Crippen LogP contribution in [0.2, 0.25) is 0 Å². The Kier molecular flexibility index (Phi) is 4.07. The third kappa shape index (κ3) is 2.76. The number of carbonyl (C=O) groups is 1. The number of rotatable bonds is 4. The number of aromatic carboxylic acids is 1. The molecule has 0 aliphatic rings. The molecule has 0 atom stereocenters. The molecule has 0 saturated carbocycles. The van der Waals surface area contributed by atoms with E-state index in [1.54, 1.807) is 6.07 Å². The normalized spacial score (nSPS) is 11.5. The number of hydrogen-bond acceptors (Lipinski definition) is 4. The molecule has 6 nitrogen and oxygen atoms in total. The lowest BCUT2D eigenvalue weighted by Gasteiger charge is -2.14. The van der Waals surface area contributed by atoms with E-state index in [4.69, 9.17) is 0 Å². The Labute approximate surface area is 139 Å². The summed E-state index contributed by atoms with van der Waals surface area (Å²) in [5.74, 6) is -1.08. The van der Waals surface area contributed by atoms with Gasteiger partial charge in [-0.1, -0.05) is 18.2 Å². The van der Waals surface area contributed by atoms with Gasteiger partial charge in [0.25, 0.3) is 5.56 Å². The summed E-state index contributed by atoms with van der Waals surface area (Å²) in [6.07, 6.45) is 1.40. The summed E-state index contributed by atoms with van der Waals surface area (Å²) in [4.78, 5) is 30.9. The Morgan fingerprint density at radius 3 is 2.71 bits per heavy atom. The van der Waals surface area contributed by atoms with Crippen LogP contribution in [0.25, 0.3) is 21.8 Å². The van der Waals surface area contributed by atoms with Crippen molar-refractivity contribution in [2.75, 3.05) is 20.6 Å². The molecule has 0 radical (unpaired) electrons. The Bertz CT molecular complexity index is 1010. The van der Waals surface area contributed by atoms with E-state index in [0.29, 0.717) is 18.5 Å². The highest BCUT2D eigenvalue weighted by Crippen LogP contribution is 2.22. The molecule has 0 unspecified atom stereocenters. The zero-order valence-electron chi connectivity index (χ0n) is 13.9. The molecule has 0 amide bonds. The predicted molar refractivity (Wildman–Crippen MR) is 93.8 cm³/mol. The number of pyridine rings is 2. The molecule has 0 saturated heterocycles. The van der Waals surface area contributed by atoms with Crippen molar-refractivity contribution in [2.45, 2.75) is 13.5 Å². The number of para-hydroxylation sites is 1. The minimum Gasteiger partial charge on any atom is -0.478 e. The highest BCUT2D eigenvalue weighted by atomic mass is 16.4. The maximum atomic E-state index is 12.8. The highest BCUT2D eigenvalue weighted by Gasteiger charge is 2.16. The van der Waals surface area contributed by atoms with E-state index in [1.807, 2.05) is 44.1 Å². The lowest BCUT2D eigenvalue weighted by Crippen LogP contribution is -2.27. The van der Waals surface area contributed by atoms with E-state index in [1.165, 1.54) is 10.8 Å². The summed E-state index contributed by atoms with van der Waals surface area (Å²) >= 11 is 0. The van der Waals surface area contributed by atoms with E-state index in [-0.39, 0.29) is 16.6 Å². The van der Waals surface area contributed by atoms with Crippen LogP contribution in [0.15, 0.2) is 35.3 Å². The van der Waals surface area contributed by atoms with E-state index in [9.17, 15) is 14.7 Å². The van der Waals surface area contributed by atoms with Gasteiger partial charge in [-0.25, -0.2) is 9.78 Å². The average molecular weight is 325 g/mol. The molecule has 24 heavy (non-hydrogen) atoms. The largest absolute Gasteiger partial charge is 0.478 e. The fourth-order valence-corrected chi connectivity index (χ4v) is 2.78. The van der Waals surface area contributed by atoms with Crippen LogP contribution < -0.4 is 5.56 Å². The third-order valence-corrected chi connectivity index (χ3v) is 4.10. The summed E-state index contributed by atoms with van der Waals surface area (Å²) in [7, 11) is 3.81. The predicted octanol–water partition coefficient (Wildman–Crippen LogP) is 2.12. The summed E-state index contributed by atoms with van der Waals surface area (Å²) in [5.41, 5.74) is 1.75. The summed E-state index contributed by atoms with van der Waals surface area (Å²) in [6, 6.07) is 7.44. The van der Waals surface area contributed by atoms with Crippen molar-refractivity contribution in [1.82, 2.24) is 14.5 Å². The molecule has 2 aromatic heterocycles. The number of fused-ring (bicyclic) bond motifs is 2.